The zero-order valence-electron chi connectivity index (χ0n) is 21.9. The minimum Gasteiger partial charge on any atom is -0.462 e. The lowest BCUT2D eigenvalue weighted by Crippen LogP contribution is -2.59. The van der Waals surface area contributed by atoms with Gasteiger partial charge in [-0.2, -0.15) is 0 Å². The van der Waals surface area contributed by atoms with Gasteiger partial charge in [-0.3, -0.25) is 14.4 Å². The lowest BCUT2D eigenvalue weighted by atomic mass is 9.88. The van der Waals surface area contributed by atoms with Crippen molar-refractivity contribution in [3.8, 4) is 5.75 Å². The summed E-state index contributed by atoms with van der Waals surface area (Å²) in [6.45, 7) is 11.7. The number of hydrogen-bond donors (Lipinski definition) is 1. The average molecular weight is 525 g/mol. The number of Topliss-reactive ketones (excluding diaryl/α,β-unsaturated/α-hetero) is 1. The largest absolute Gasteiger partial charge is 0.462 e. The monoisotopic (exact) mass is 524 g/mol. The van der Waals surface area contributed by atoms with Gasteiger partial charge in [0.25, 0.3) is 0 Å². The highest BCUT2D eigenvalue weighted by atomic mass is 28.3. The molecule has 0 saturated carbocycles. The van der Waals surface area contributed by atoms with E-state index in [1.807, 2.05) is 0 Å². The Morgan fingerprint density at radius 3 is 2.14 bits per heavy atom. The van der Waals surface area contributed by atoms with E-state index in [0.29, 0.717) is 5.56 Å². The maximum absolute atomic E-state index is 12.9. The summed E-state index contributed by atoms with van der Waals surface area (Å²) in [5.74, 6) is -2.91. The summed E-state index contributed by atoms with van der Waals surface area (Å²) in [6.07, 6.45) is -4.65. The first-order valence-electron chi connectivity index (χ1n) is 11.8. The number of aliphatic hydroxyl groups is 1. The first kappa shape index (κ1) is 29.5. The molecule has 36 heavy (non-hydrogen) atoms. The maximum Gasteiger partial charge on any atom is 0.341 e. The van der Waals surface area contributed by atoms with E-state index in [1.54, 1.807) is 13.0 Å². The van der Waals surface area contributed by atoms with Crippen molar-refractivity contribution in [3.63, 3.8) is 0 Å². The molecule has 0 unspecified atom stereocenters. The molecule has 1 fully saturated rings. The third-order valence-corrected chi connectivity index (χ3v) is 7.35. The van der Waals surface area contributed by atoms with E-state index in [1.165, 1.54) is 32.9 Å². The van der Waals surface area contributed by atoms with Crippen molar-refractivity contribution in [1.29, 1.82) is 0 Å². The summed E-state index contributed by atoms with van der Waals surface area (Å²) in [7, 11) is -1.45. The van der Waals surface area contributed by atoms with Crippen LogP contribution < -0.4 is 4.74 Å². The van der Waals surface area contributed by atoms with Crippen molar-refractivity contribution in [1.82, 2.24) is 0 Å². The molecule has 2 rings (SSSR count). The molecule has 0 aliphatic carbocycles. The molecule has 5 atom stereocenters. The van der Waals surface area contributed by atoms with Gasteiger partial charge in [-0.05, 0) is 30.7 Å². The Balaban J connectivity index is 2.43. The summed E-state index contributed by atoms with van der Waals surface area (Å²) in [5.41, 5.74) is 0.484. The standard InChI is InChI=1S/C25H36O10Si/c1-14-21(15(2)27)35-25(23(33-17(4)29)22(14)32-16(3)28)34-20-9-8-18(13-26)12-19(20)24(30)31-10-11-36(5,6)7/h8-9,12,14,21-23,25-26H,10-11,13H2,1-7H3/t14-,21+,22+,23-,25-/m1/s1. The van der Waals surface area contributed by atoms with Crippen LogP contribution in [0.4, 0.5) is 0 Å². The number of ketones is 1. The first-order valence-corrected chi connectivity index (χ1v) is 15.5. The highest BCUT2D eigenvalue weighted by Crippen LogP contribution is 2.34. The van der Waals surface area contributed by atoms with Gasteiger partial charge in [-0.15, -0.1) is 0 Å². The molecule has 0 spiro atoms. The first-order chi connectivity index (χ1) is 16.7. The molecule has 1 aromatic carbocycles. The molecule has 1 aliphatic rings. The number of aliphatic hydroxyl groups excluding tert-OH is 1. The lowest BCUT2D eigenvalue weighted by Gasteiger charge is -2.43. The third-order valence-electron chi connectivity index (χ3n) is 5.65. The topological polar surface area (TPSA) is 135 Å². The Labute approximate surface area is 212 Å². The summed E-state index contributed by atoms with van der Waals surface area (Å²) in [5, 5.41) is 9.57. The van der Waals surface area contributed by atoms with E-state index in [0.717, 1.165) is 6.04 Å². The molecule has 0 bridgehead atoms. The number of carbonyl (C=O) groups is 4. The number of ether oxygens (including phenoxy) is 5. The van der Waals surface area contributed by atoms with E-state index in [9.17, 15) is 24.3 Å². The maximum atomic E-state index is 12.9. The fourth-order valence-corrected chi connectivity index (χ4v) is 4.52. The van der Waals surface area contributed by atoms with Crippen LogP contribution >= 0.6 is 0 Å². The van der Waals surface area contributed by atoms with Crippen molar-refractivity contribution in [2.45, 2.75) is 84.6 Å². The second kappa shape index (κ2) is 12.5. The van der Waals surface area contributed by atoms with Gasteiger partial charge in [0.2, 0.25) is 12.4 Å². The quantitative estimate of drug-likeness (QED) is 0.276. The normalized spacial score (nSPS) is 23.9. The van der Waals surface area contributed by atoms with Crippen molar-refractivity contribution in [3.05, 3.63) is 29.3 Å². The second-order valence-electron chi connectivity index (χ2n) is 10.1. The molecular formula is C25H36O10Si. The van der Waals surface area contributed by atoms with E-state index >= 15 is 0 Å². The zero-order chi connectivity index (χ0) is 27.2. The number of rotatable bonds is 10. The molecule has 11 heteroatoms. The second-order valence-corrected chi connectivity index (χ2v) is 15.7. The van der Waals surface area contributed by atoms with E-state index in [4.69, 9.17) is 23.7 Å². The van der Waals surface area contributed by atoms with Crippen LogP contribution in [0.1, 0.15) is 43.6 Å². The van der Waals surface area contributed by atoms with Gasteiger partial charge in [0.1, 0.15) is 17.4 Å². The number of esters is 3. The minimum absolute atomic E-state index is 0.0318. The van der Waals surface area contributed by atoms with Gasteiger partial charge in [-0.1, -0.05) is 32.6 Å². The van der Waals surface area contributed by atoms with Crippen molar-refractivity contribution < 1.29 is 48.0 Å². The van der Waals surface area contributed by atoms with Crippen LogP contribution in [0, 0.1) is 5.92 Å². The predicted molar refractivity (Wildman–Crippen MR) is 131 cm³/mol. The molecule has 0 amide bonds. The number of benzene rings is 1. The summed E-state index contributed by atoms with van der Waals surface area (Å²) >= 11 is 0. The van der Waals surface area contributed by atoms with Crippen molar-refractivity contribution >= 4 is 31.8 Å². The van der Waals surface area contributed by atoms with E-state index < -0.39 is 56.5 Å². The van der Waals surface area contributed by atoms with Crippen LogP contribution in [0.15, 0.2) is 18.2 Å². The molecule has 1 aliphatic heterocycles. The highest BCUT2D eigenvalue weighted by Gasteiger charge is 2.50. The fraction of sp³-hybridized carbons (Fsp3) is 0.600. The van der Waals surface area contributed by atoms with Crippen LogP contribution in [0.2, 0.25) is 25.7 Å². The molecule has 1 aromatic rings. The van der Waals surface area contributed by atoms with Crippen LogP contribution in [-0.2, 0) is 39.9 Å². The fourth-order valence-electron chi connectivity index (χ4n) is 3.80. The van der Waals surface area contributed by atoms with Gasteiger partial charge in [0.15, 0.2) is 11.9 Å². The summed E-state index contributed by atoms with van der Waals surface area (Å²) in [6, 6.07) is 5.20. The Bertz CT molecular complexity index is 970. The lowest BCUT2D eigenvalue weighted by molar-refractivity contribution is -0.261. The number of carbonyl (C=O) groups excluding carboxylic acids is 4. The van der Waals surface area contributed by atoms with E-state index in [2.05, 4.69) is 19.6 Å². The Morgan fingerprint density at radius 2 is 1.61 bits per heavy atom. The Kier molecular flexibility index (Phi) is 10.2. The van der Waals surface area contributed by atoms with Crippen LogP contribution in [-0.4, -0.2) is 68.1 Å². The van der Waals surface area contributed by atoms with Gasteiger partial charge in [0.05, 0.1) is 13.2 Å². The molecule has 1 heterocycles. The molecular weight excluding hydrogens is 488 g/mol. The van der Waals surface area contributed by atoms with Gasteiger partial charge < -0.3 is 28.8 Å². The van der Waals surface area contributed by atoms with Crippen LogP contribution in [0.25, 0.3) is 0 Å². The third kappa shape index (κ3) is 8.14. The molecule has 1 saturated heterocycles. The Morgan fingerprint density at radius 1 is 1.00 bits per heavy atom. The molecule has 200 valence electrons. The molecule has 10 nitrogen and oxygen atoms in total. The molecule has 1 N–H and O–H groups in total. The van der Waals surface area contributed by atoms with Gasteiger partial charge in [0, 0.05) is 27.8 Å². The van der Waals surface area contributed by atoms with Crippen LogP contribution in [0.5, 0.6) is 5.75 Å². The highest BCUT2D eigenvalue weighted by molar-refractivity contribution is 6.76. The van der Waals surface area contributed by atoms with E-state index in [-0.39, 0.29) is 30.3 Å². The summed E-state index contributed by atoms with van der Waals surface area (Å²) in [4.78, 5) is 48.9. The van der Waals surface area contributed by atoms with Crippen molar-refractivity contribution in [2.75, 3.05) is 6.61 Å². The Hall–Kier alpha value is -2.76. The predicted octanol–water partition coefficient (Wildman–Crippen LogP) is 2.87. The van der Waals surface area contributed by atoms with Gasteiger partial charge in [-0.25, -0.2) is 4.79 Å². The SMILES string of the molecule is CC(=O)O[C@H]1[C@H](Oc2ccc(CO)cc2C(=O)OCC[Si](C)(C)C)O[C@H](C(C)=O)[C@@H](C)[C@@H]1OC(C)=O. The van der Waals surface area contributed by atoms with Crippen LogP contribution in [0.3, 0.4) is 0 Å². The summed E-state index contributed by atoms with van der Waals surface area (Å²) < 4.78 is 28.1. The average Bonchev–Trinajstić information content (AvgIpc) is 2.76. The number of hydrogen-bond acceptors (Lipinski definition) is 10. The van der Waals surface area contributed by atoms with Crippen molar-refractivity contribution in [2.24, 2.45) is 5.92 Å². The molecule has 0 aromatic heterocycles. The smallest absolute Gasteiger partial charge is 0.341 e. The molecule has 0 radical (unpaired) electrons. The minimum atomic E-state index is -1.45. The zero-order valence-corrected chi connectivity index (χ0v) is 22.9. The van der Waals surface area contributed by atoms with Gasteiger partial charge >= 0.3 is 17.9 Å².